The van der Waals surface area contributed by atoms with E-state index < -0.39 is 0 Å². The predicted octanol–water partition coefficient (Wildman–Crippen LogP) is 2.52. The summed E-state index contributed by atoms with van der Waals surface area (Å²) in [4.78, 5) is 31.8. The molecule has 1 aromatic heterocycles. The Balaban J connectivity index is 1.54. The number of halogens is 1. The van der Waals surface area contributed by atoms with Crippen LogP contribution < -0.4 is 4.74 Å². The molecule has 7 heteroatoms. The molecule has 0 aliphatic carbocycles. The van der Waals surface area contributed by atoms with Gasteiger partial charge in [0, 0.05) is 37.6 Å². The van der Waals surface area contributed by atoms with Crippen molar-refractivity contribution in [3.8, 4) is 5.75 Å². The van der Waals surface area contributed by atoms with Gasteiger partial charge in [-0.05, 0) is 50.6 Å². The van der Waals surface area contributed by atoms with Crippen LogP contribution in [0.4, 0.5) is 4.39 Å². The van der Waals surface area contributed by atoms with Crippen molar-refractivity contribution in [3.05, 3.63) is 53.1 Å². The zero-order chi connectivity index (χ0) is 19.4. The largest absolute Gasteiger partial charge is 0.484 e. The Morgan fingerprint density at radius 3 is 2.41 bits per heavy atom. The molecule has 1 fully saturated rings. The summed E-state index contributed by atoms with van der Waals surface area (Å²) in [5.41, 5.74) is 2.51. The molecular weight excluding hydrogens is 349 g/mol. The Hall–Kier alpha value is -2.83. The van der Waals surface area contributed by atoms with Gasteiger partial charge in [0.2, 0.25) is 0 Å². The van der Waals surface area contributed by atoms with E-state index in [1.54, 1.807) is 9.80 Å². The summed E-state index contributed by atoms with van der Waals surface area (Å²) in [5.74, 6) is -0.0375. The molecule has 6 nitrogen and oxygen atoms in total. The number of hydrogen-bond donors (Lipinski definition) is 1. The maximum absolute atomic E-state index is 12.9. The molecule has 1 N–H and O–H groups in total. The minimum atomic E-state index is -0.348. The number of hydrogen-bond acceptors (Lipinski definition) is 3. The van der Waals surface area contributed by atoms with Crippen LogP contribution in [0.25, 0.3) is 0 Å². The quantitative estimate of drug-likeness (QED) is 0.896. The molecule has 0 radical (unpaired) electrons. The highest BCUT2D eigenvalue weighted by Crippen LogP contribution is 2.15. The van der Waals surface area contributed by atoms with Crippen molar-refractivity contribution >= 4 is 11.8 Å². The van der Waals surface area contributed by atoms with E-state index in [1.807, 2.05) is 19.9 Å². The number of nitrogens with one attached hydrogen (secondary N) is 1. The van der Waals surface area contributed by atoms with E-state index in [1.165, 1.54) is 24.3 Å². The third-order valence-corrected chi connectivity index (χ3v) is 4.69. The lowest BCUT2D eigenvalue weighted by Crippen LogP contribution is -2.39. The second-order valence-corrected chi connectivity index (χ2v) is 6.76. The first-order valence-electron chi connectivity index (χ1n) is 9.05. The highest BCUT2D eigenvalue weighted by Gasteiger charge is 2.24. The molecule has 2 heterocycles. The van der Waals surface area contributed by atoms with Crippen LogP contribution in [-0.4, -0.2) is 59.4 Å². The van der Waals surface area contributed by atoms with Crippen molar-refractivity contribution in [2.75, 3.05) is 32.8 Å². The van der Waals surface area contributed by atoms with Crippen molar-refractivity contribution in [3.63, 3.8) is 0 Å². The van der Waals surface area contributed by atoms with Crippen LogP contribution in [0.2, 0.25) is 0 Å². The molecule has 2 aromatic rings. The van der Waals surface area contributed by atoms with E-state index in [0.717, 1.165) is 17.8 Å². The number of nitrogens with zero attached hydrogens (tertiary/aromatic N) is 2. The van der Waals surface area contributed by atoms with E-state index >= 15 is 0 Å². The monoisotopic (exact) mass is 373 g/mol. The van der Waals surface area contributed by atoms with Crippen molar-refractivity contribution in [1.29, 1.82) is 0 Å². The first-order valence-corrected chi connectivity index (χ1v) is 9.05. The lowest BCUT2D eigenvalue weighted by Gasteiger charge is -2.22. The third-order valence-electron chi connectivity index (χ3n) is 4.69. The second kappa shape index (κ2) is 8.24. The van der Waals surface area contributed by atoms with E-state index in [4.69, 9.17) is 4.74 Å². The van der Waals surface area contributed by atoms with Gasteiger partial charge in [0.15, 0.2) is 6.61 Å². The van der Waals surface area contributed by atoms with Gasteiger partial charge in [-0.3, -0.25) is 9.59 Å². The summed E-state index contributed by atoms with van der Waals surface area (Å²) in [6.45, 7) is 5.88. The Bertz CT molecular complexity index is 816. The molecule has 1 aliphatic heterocycles. The van der Waals surface area contributed by atoms with Crippen LogP contribution in [0.3, 0.4) is 0 Å². The van der Waals surface area contributed by atoms with Gasteiger partial charge in [-0.25, -0.2) is 4.39 Å². The molecule has 0 saturated carbocycles. The van der Waals surface area contributed by atoms with Crippen LogP contribution in [0, 0.1) is 19.7 Å². The average Bonchev–Trinajstić information content (AvgIpc) is 2.85. The average molecular weight is 373 g/mol. The number of rotatable bonds is 4. The van der Waals surface area contributed by atoms with Crippen LogP contribution in [0.1, 0.15) is 28.2 Å². The molecule has 144 valence electrons. The summed E-state index contributed by atoms with van der Waals surface area (Å²) in [5, 5.41) is 0. The van der Waals surface area contributed by atoms with E-state index in [0.29, 0.717) is 37.5 Å². The molecule has 1 aliphatic rings. The first-order chi connectivity index (χ1) is 12.9. The fourth-order valence-electron chi connectivity index (χ4n) is 3.25. The van der Waals surface area contributed by atoms with Gasteiger partial charge in [0.1, 0.15) is 11.6 Å². The molecule has 0 atom stereocenters. The van der Waals surface area contributed by atoms with Crippen LogP contribution in [-0.2, 0) is 4.79 Å². The maximum atomic E-state index is 12.9. The Labute approximate surface area is 157 Å². The number of carbonyl (C=O) groups is 2. The lowest BCUT2D eigenvalue weighted by molar-refractivity contribution is -0.133. The number of aromatic nitrogens is 1. The highest BCUT2D eigenvalue weighted by atomic mass is 19.1. The Morgan fingerprint density at radius 1 is 1.07 bits per heavy atom. The number of benzene rings is 1. The van der Waals surface area contributed by atoms with Gasteiger partial charge in [0.05, 0.1) is 5.56 Å². The fraction of sp³-hybridized carbons (Fsp3) is 0.400. The van der Waals surface area contributed by atoms with Gasteiger partial charge in [0.25, 0.3) is 11.8 Å². The second-order valence-electron chi connectivity index (χ2n) is 6.76. The van der Waals surface area contributed by atoms with E-state index in [9.17, 15) is 14.0 Å². The summed E-state index contributed by atoms with van der Waals surface area (Å²) in [6, 6.07) is 7.43. The van der Waals surface area contributed by atoms with Gasteiger partial charge < -0.3 is 19.5 Å². The predicted molar refractivity (Wildman–Crippen MR) is 99.3 cm³/mol. The number of aryl methyl sites for hydroxylation is 2. The van der Waals surface area contributed by atoms with E-state index in [2.05, 4.69) is 4.98 Å². The van der Waals surface area contributed by atoms with Crippen molar-refractivity contribution in [1.82, 2.24) is 14.8 Å². The number of ether oxygens (including phenoxy) is 1. The number of H-pyrrole nitrogens is 1. The minimum Gasteiger partial charge on any atom is -0.484 e. The molecule has 1 saturated heterocycles. The van der Waals surface area contributed by atoms with Crippen molar-refractivity contribution < 1.29 is 18.7 Å². The zero-order valence-corrected chi connectivity index (χ0v) is 15.6. The number of aromatic amines is 1. The number of carbonyl (C=O) groups excluding carboxylic acids is 2. The van der Waals surface area contributed by atoms with Gasteiger partial charge in [-0.1, -0.05) is 0 Å². The summed E-state index contributed by atoms with van der Waals surface area (Å²) in [7, 11) is 0. The molecule has 2 amide bonds. The smallest absolute Gasteiger partial charge is 0.260 e. The highest BCUT2D eigenvalue weighted by molar-refractivity contribution is 5.95. The van der Waals surface area contributed by atoms with Gasteiger partial charge >= 0.3 is 0 Å². The van der Waals surface area contributed by atoms with Crippen LogP contribution in [0.5, 0.6) is 5.75 Å². The summed E-state index contributed by atoms with van der Waals surface area (Å²) < 4.78 is 18.3. The summed E-state index contributed by atoms with van der Waals surface area (Å²) >= 11 is 0. The molecule has 3 rings (SSSR count). The topological polar surface area (TPSA) is 65.6 Å². The molecular formula is C20H24FN3O3. The zero-order valence-electron chi connectivity index (χ0n) is 15.6. The fourth-order valence-corrected chi connectivity index (χ4v) is 3.25. The lowest BCUT2D eigenvalue weighted by atomic mass is 10.2. The third kappa shape index (κ3) is 4.67. The molecule has 0 bridgehead atoms. The molecule has 0 spiro atoms. The minimum absolute atomic E-state index is 0.00582. The Morgan fingerprint density at radius 2 is 1.74 bits per heavy atom. The van der Waals surface area contributed by atoms with Crippen molar-refractivity contribution in [2.45, 2.75) is 20.3 Å². The van der Waals surface area contributed by atoms with Crippen LogP contribution >= 0.6 is 0 Å². The van der Waals surface area contributed by atoms with Gasteiger partial charge in [-0.15, -0.1) is 0 Å². The summed E-state index contributed by atoms with van der Waals surface area (Å²) in [6.07, 6.45) is 0.719. The maximum Gasteiger partial charge on any atom is 0.260 e. The van der Waals surface area contributed by atoms with Gasteiger partial charge in [-0.2, -0.15) is 0 Å². The Kier molecular flexibility index (Phi) is 5.78. The standard InChI is InChI=1S/C20H24FN3O3/c1-14-12-18(15(2)22-14)20(26)24-9-3-8-23(10-11-24)19(25)13-27-17-6-4-16(21)5-7-17/h4-7,12,22H,3,8-11,13H2,1-2H3. The molecule has 27 heavy (non-hydrogen) atoms. The molecule has 1 aromatic carbocycles. The number of amides is 2. The van der Waals surface area contributed by atoms with E-state index in [-0.39, 0.29) is 24.2 Å². The van der Waals surface area contributed by atoms with Crippen molar-refractivity contribution in [2.24, 2.45) is 0 Å². The first kappa shape index (κ1) is 18.9. The SMILES string of the molecule is Cc1cc(C(=O)N2CCCN(C(=O)COc3ccc(F)cc3)CC2)c(C)[nH]1. The van der Waals surface area contributed by atoms with Crippen LogP contribution in [0.15, 0.2) is 30.3 Å². The normalized spacial score (nSPS) is 14.8. The molecule has 0 unspecified atom stereocenters.